The predicted octanol–water partition coefficient (Wildman–Crippen LogP) is 4.74. The van der Waals surface area contributed by atoms with Gasteiger partial charge >= 0.3 is 0 Å². The summed E-state index contributed by atoms with van der Waals surface area (Å²) >= 11 is 0. The fourth-order valence-electron chi connectivity index (χ4n) is 6.22. The molecule has 8 atom stereocenters. The van der Waals surface area contributed by atoms with E-state index in [-0.39, 0.29) is 12.4 Å². The Bertz CT molecular complexity index is 699. The van der Waals surface area contributed by atoms with Gasteiger partial charge in [-0.25, -0.2) is 9.78 Å². The summed E-state index contributed by atoms with van der Waals surface area (Å²) in [5, 5.41) is 3.52. The van der Waals surface area contributed by atoms with E-state index in [0.29, 0.717) is 23.7 Å². The van der Waals surface area contributed by atoms with Crippen LogP contribution < -0.4 is 5.32 Å². The molecular weight excluding hydrogens is 354 g/mol. The fourth-order valence-corrected chi connectivity index (χ4v) is 6.22. The lowest BCUT2D eigenvalue weighted by Gasteiger charge is -2.60. The monoisotopic (exact) mass is 387 g/mol. The van der Waals surface area contributed by atoms with Gasteiger partial charge in [0.1, 0.15) is 0 Å². The van der Waals surface area contributed by atoms with Gasteiger partial charge in [-0.15, -0.1) is 0 Å². The minimum absolute atomic E-state index is 0.164. The quantitative estimate of drug-likeness (QED) is 0.756. The van der Waals surface area contributed by atoms with Gasteiger partial charge in [0.2, 0.25) is 5.79 Å². The normalized spacial score (nSPS) is 47.2. The summed E-state index contributed by atoms with van der Waals surface area (Å²) in [7, 11) is 0. The lowest BCUT2D eigenvalue weighted by atomic mass is 9.57. The molecule has 154 valence electrons. The van der Waals surface area contributed by atoms with E-state index >= 15 is 0 Å². The molecule has 28 heavy (non-hydrogen) atoms. The molecule has 4 saturated heterocycles. The molecule has 4 aliphatic heterocycles. The summed E-state index contributed by atoms with van der Waals surface area (Å²) in [5.74, 6) is 1.19. The van der Waals surface area contributed by atoms with Crippen molar-refractivity contribution in [2.45, 2.75) is 76.7 Å². The zero-order valence-electron chi connectivity index (χ0n) is 17.2. The molecule has 1 aromatic carbocycles. The molecule has 1 aromatic rings. The highest BCUT2D eigenvalue weighted by Crippen LogP contribution is 2.60. The molecule has 0 amide bonds. The molecule has 5 aliphatic rings. The van der Waals surface area contributed by atoms with E-state index in [1.54, 1.807) is 0 Å². The second kappa shape index (κ2) is 6.98. The average molecular weight is 388 g/mol. The number of hydrogen-bond donors (Lipinski definition) is 1. The van der Waals surface area contributed by atoms with E-state index in [4.69, 9.17) is 19.2 Å². The van der Waals surface area contributed by atoms with E-state index in [1.807, 2.05) is 13.0 Å². The fraction of sp³-hybridized carbons (Fsp3) is 0.739. The summed E-state index contributed by atoms with van der Waals surface area (Å²) in [5.41, 5.74) is 0.708. The molecule has 6 rings (SSSR count). The Labute approximate surface area is 168 Å². The predicted molar refractivity (Wildman–Crippen MR) is 106 cm³/mol. The maximum Gasteiger partial charge on any atom is 0.201 e. The first-order valence-electron chi connectivity index (χ1n) is 11.0. The standard InChI is InChI=1S/C23H33NO4/c1-15-9-10-19-16(2)20(12-14-24-17-7-5-4-6-8-17)25-21-23(19)18(15)11-13-22(3,26-21)27-28-23/h4-8,15-16,18-21,24H,9-14H2,1-3H3/t15-,16-,18?,19?,20-,21-,22-,23-/m1/s1. The number of ether oxygens (including phenoxy) is 2. The first-order chi connectivity index (χ1) is 13.5. The van der Waals surface area contributed by atoms with Crippen molar-refractivity contribution in [2.75, 3.05) is 11.9 Å². The van der Waals surface area contributed by atoms with E-state index in [0.717, 1.165) is 37.9 Å². The van der Waals surface area contributed by atoms with Crippen molar-refractivity contribution >= 4 is 5.69 Å². The second-order valence-corrected chi connectivity index (χ2v) is 9.53. The Morgan fingerprint density at radius 2 is 1.86 bits per heavy atom. The molecule has 1 saturated carbocycles. The van der Waals surface area contributed by atoms with Crippen LogP contribution in [-0.4, -0.2) is 30.3 Å². The highest BCUT2D eigenvalue weighted by Gasteiger charge is 2.69. The maximum atomic E-state index is 6.63. The molecule has 2 unspecified atom stereocenters. The smallest absolute Gasteiger partial charge is 0.201 e. The van der Waals surface area contributed by atoms with Gasteiger partial charge in [0.25, 0.3) is 0 Å². The van der Waals surface area contributed by atoms with Gasteiger partial charge in [0.05, 0.1) is 6.10 Å². The molecule has 1 spiro atoms. The van der Waals surface area contributed by atoms with Crippen molar-refractivity contribution in [1.82, 2.24) is 0 Å². The zero-order valence-corrected chi connectivity index (χ0v) is 17.2. The lowest BCUT2D eigenvalue weighted by molar-refractivity contribution is -0.571. The minimum atomic E-state index is -0.690. The van der Waals surface area contributed by atoms with Crippen molar-refractivity contribution in [2.24, 2.45) is 23.7 Å². The van der Waals surface area contributed by atoms with Gasteiger partial charge in [-0.2, -0.15) is 0 Å². The molecule has 1 N–H and O–H groups in total. The zero-order chi connectivity index (χ0) is 19.4. The Hall–Kier alpha value is -1.14. The first kappa shape index (κ1) is 18.9. The summed E-state index contributed by atoms with van der Waals surface area (Å²) in [6, 6.07) is 10.4. The molecule has 4 heterocycles. The largest absolute Gasteiger partial charge is 0.385 e. The number of benzene rings is 1. The van der Waals surface area contributed by atoms with Crippen LogP contribution in [0.15, 0.2) is 30.3 Å². The maximum absolute atomic E-state index is 6.63. The van der Waals surface area contributed by atoms with Crippen LogP contribution in [0, 0.1) is 23.7 Å². The number of hydrogen-bond acceptors (Lipinski definition) is 5. The van der Waals surface area contributed by atoms with Gasteiger partial charge in [0.15, 0.2) is 11.9 Å². The van der Waals surface area contributed by atoms with E-state index in [2.05, 4.69) is 43.4 Å². The van der Waals surface area contributed by atoms with E-state index in [9.17, 15) is 0 Å². The number of anilines is 1. The Kier molecular flexibility index (Phi) is 4.70. The summed E-state index contributed by atoms with van der Waals surface area (Å²) < 4.78 is 13.1. The minimum Gasteiger partial charge on any atom is -0.385 e. The van der Waals surface area contributed by atoms with E-state index in [1.165, 1.54) is 6.42 Å². The number of nitrogens with one attached hydrogen (secondary N) is 1. The third kappa shape index (κ3) is 2.90. The highest BCUT2D eigenvalue weighted by molar-refractivity contribution is 5.42. The Morgan fingerprint density at radius 1 is 1.04 bits per heavy atom. The van der Waals surface area contributed by atoms with Crippen molar-refractivity contribution in [3.8, 4) is 0 Å². The van der Waals surface area contributed by atoms with Crippen LogP contribution >= 0.6 is 0 Å². The van der Waals surface area contributed by atoms with Crippen LogP contribution in [0.25, 0.3) is 0 Å². The van der Waals surface area contributed by atoms with Crippen molar-refractivity contribution in [1.29, 1.82) is 0 Å². The van der Waals surface area contributed by atoms with Crippen molar-refractivity contribution < 1.29 is 19.2 Å². The molecular formula is C23H33NO4. The highest BCUT2D eigenvalue weighted by atomic mass is 17.3. The van der Waals surface area contributed by atoms with Gasteiger partial charge in [-0.1, -0.05) is 32.0 Å². The Morgan fingerprint density at radius 3 is 2.68 bits per heavy atom. The van der Waals surface area contributed by atoms with Crippen LogP contribution in [0.5, 0.6) is 0 Å². The summed E-state index contributed by atoms with van der Waals surface area (Å²) in [4.78, 5) is 12.1. The Balaban J connectivity index is 1.36. The van der Waals surface area contributed by atoms with Gasteiger partial charge < -0.3 is 14.8 Å². The lowest BCUT2D eigenvalue weighted by Crippen LogP contribution is -2.70. The molecule has 5 fully saturated rings. The van der Waals surface area contributed by atoms with Crippen LogP contribution in [0.4, 0.5) is 5.69 Å². The molecule has 0 aromatic heterocycles. The van der Waals surface area contributed by atoms with Crippen LogP contribution in [0.3, 0.4) is 0 Å². The molecule has 5 nitrogen and oxygen atoms in total. The number of fused-ring (bicyclic) bond motifs is 2. The van der Waals surface area contributed by atoms with E-state index < -0.39 is 11.4 Å². The van der Waals surface area contributed by atoms with Crippen LogP contribution in [0.1, 0.15) is 52.9 Å². The number of rotatable bonds is 4. The third-order valence-electron chi connectivity index (χ3n) is 7.83. The second-order valence-electron chi connectivity index (χ2n) is 9.53. The average Bonchev–Trinajstić information content (AvgIpc) is 2.92. The molecule has 2 bridgehead atoms. The third-order valence-corrected chi connectivity index (χ3v) is 7.83. The van der Waals surface area contributed by atoms with Crippen LogP contribution in [-0.2, 0) is 19.2 Å². The van der Waals surface area contributed by atoms with Crippen LogP contribution in [0.2, 0.25) is 0 Å². The SMILES string of the molecule is C[C@@H]1CCC2[C@@H](C)[C@@H](CCNc3ccccc3)O[C@@H]3O[C@@]4(C)CCC1[C@@]23OO4. The molecule has 1 aliphatic carbocycles. The van der Waals surface area contributed by atoms with Crippen molar-refractivity contribution in [3.63, 3.8) is 0 Å². The number of para-hydroxylation sites is 1. The molecule has 0 radical (unpaired) electrons. The first-order valence-corrected chi connectivity index (χ1v) is 11.0. The van der Waals surface area contributed by atoms with Gasteiger partial charge in [0, 0.05) is 24.6 Å². The summed E-state index contributed by atoms with van der Waals surface area (Å²) in [6.07, 6.45) is 5.15. The van der Waals surface area contributed by atoms with Gasteiger partial charge in [-0.05, 0) is 62.5 Å². The molecule has 5 heteroatoms. The van der Waals surface area contributed by atoms with Gasteiger partial charge in [-0.3, -0.25) is 0 Å². The van der Waals surface area contributed by atoms with Crippen molar-refractivity contribution in [3.05, 3.63) is 30.3 Å². The topological polar surface area (TPSA) is 49.0 Å². The summed E-state index contributed by atoms with van der Waals surface area (Å²) in [6.45, 7) is 7.57.